The molecule has 1 aromatic carbocycles. The first-order valence-corrected chi connectivity index (χ1v) is 7.68. The Bertz CT molecular complexity index is 638. The van der Waals surface area contributed by atoms with Crippen molar-refractivity contribution in [2.75, 3.05) is 25.4 Å². The molecule has 1 aliphatic heterocycles. The number of hydrogen-bond acceptors (Lipinski definition) is 4. The third-order valence-electron chi connectivity index (χ3n) is 3.86. The molecule has 5 heteroatoms. The van der Waals surface area contributed by atoms with Crippen LogP contribution in [-0.4, -0.2) is 35.6 Å². The average Bonchev–Trinajstić information content (AvgIpc) is 3.04. The molecule has 1 atom stereocenters. The van der Waals surface area contributed by atoms with Crippen LogP contribution in [0.1, 0.15) is 22.5 Å². The Hall–Kier alpha value is -1.59. The lowest BCUT2D eigenvalue weighted by atomic mass is 10.1. The predicted octanol–water partition coefficient (Wildman–Crippen LogP) is 2.33. The summed E-state index contributed by atoms with van der Waals surface area (Å²) in [6.07, 6.45) is 1.77. The Kier molecular flexibility index (Phi) is 3.63. The van der Waals surface area contributed by atoms with E-state index in [1.54, 1.807) is 0 Å². The zero-order valence-electron chi connectivity index (χ0n) is 11.2. The minimum Gasteiger partial charge on any atom is -0.399 e. The first kappa shape index (κ1) is 13.4. The molecule has 0 bridgehead atoms. The summed E-state index contributed by atoms with van der Waals surface area (Å²) in [6.45, 7) is 1.75. The number of benzene rings is 1. The second kappa shape index (κ2) is 5.42. The smallest absolute Gasteiger partial charge is 0.263 e. The molecule has 3 N–H and O–H groups in total. The van der Waals surface area contributed by atoms with Crippen molar-refractivity contribution in [2.45, 2.75) is 12.8 Å². The zero-order valence-corrected chi connectivity index (χ0v) is 12.0. The molecule has 1 amide bonds. The number of nitrogens with zero attached hydrogens (tertiary/aromatic N) is 1. The number of anilines is 1. The Morgan fingerprint density at radius 3 is 3.10 bits per heavy atom. The molecular formula is C15H18N2O2S. The molecule has 1 aliphatic rings. The van der Waals surface area contributed by atoms with Gasteiger partial charge in [-0.1, -0.05) is 0 Å². The monoisotopic (exact) mass is 290 g/mol. The van der Waals surface area contributed by atoms with Gasteiger partial charge in [0.2, 0.25) is 0 Å². The second-order valence-electron chi connectivity index (χ2n) is 5.33. The molecule has 1 fully saturated rings. The summed E-state index contributed by atoms with van der Waals surface area (Å²) in [5.74, 6) is 0.541. The quantitative estimate of drug-likeness (QED) is 0.853. The molecule has 106 valence electrons. The number of carbonyl (C=O) groups excluding carboxylic acids is 1. The number of rotatable bonds is 3. The van der Waals surface area contributed by atoms with Crippen LogP contribution in [0.15, 0.2) is 24.3 Å². The summed E-state index contributed by atoms with van der Waals surface area (Å²) >= 11 is 1.52. The van der Waals surface area contributed by atoms with Gasteiger partial charge in [-0.15, -0.1) is 11.3 Å². The Labute approximate surface area is 121 Å². The summed E-state index contributed by atoms with van der Waals surface area (Å²) in [5, 5.41) is 10.0. The highest BCUT2D eigenvalue weighted by molar-refractivity contribution is 7.20. The van der Waals surface area contributed by atoms with E-state index in [0.717, 1.165) is 46.6 Å². The zero-order chi connectivity index (χ0) is 14.1. The normalized spacial score (nSPS) is 18.9. The van der Waals surface area contributed by atoms with Gasteiger partial charge in [-0.05, 0) is 48.4 Å². The molecule has 2 aromatic rings. The molecule has 20 heavy (non-hydrogen) atoms. The largest absolute Gasteiger partial charge is 0.399 e. The summed E-state index contributed by atoms with van der Waals surface area (Å²) < 4.78 is 1.09. The van der Waals surface area contributed by atoms with E-state index in [2.05, 4.69) is 0 Å². The molecule has 0 aliphatic carbocycles. The number of fused-ring (bicyclic) bond motifs is 1. The number of carbonyl (C=O) groups is 1. The van der Waals surface area contributed by atoms with Gasteiger partial charge in [-0.25, -0.2) is 0 Å². The van der Waals surface area contributed by atoms with Crippen LogP contribution in [-0.2, 0) is 0 Å². The maximum atomic E-state index is 12.5. The van der Waals surface area contributed by atoms with Crippen molar-refractivity contribution in [3.63, 3.8) is 0 Å². The van der Waals surface area contributed by atoms with Gasteiger partial charge in [0.1, 0.15) is 0 Å². The number of hydrogen-bond donors (Lipinski definition) is 2. The summed E-state index contributed by atoms with van der Waals surface area (Å²) in [5.41, 5.74) is 6.49. The lowest BCUT2D eigenvalue weighted by Gasteiger charge is -2.15. The van der Waals surface area contributed by atoms with E-state index in [9.17, 15) is 4.79 Å². The minimum absolute atomic E-state index is 0.102. The fourth-order valence-corrected chi connectivity index (χ4v) is 3.77. The van der Waals surface area contributed by atoms with Gasteiger partial charge in [-0.3, -0.25) is 4.79 Å². The molecule has 1 aromatic heterocycles. The maximum absolute atomic E-state index is 12.5. The van der Waals surface area contributed by atoms with E-state index >= 15 is 0 Å². The summed E-state index contributed by atoms with van der Waals surface area (Å²) in [6, 6.07) is 7.66. The minimum atomic E-state index is 0.102. The van der Waals surface area contributed by atoms with Gasteiger partial charge in [0.25, 0.3) is 5.91 Å². The summed E-state index contributed by atoms with van der Waals surface area (Å²) in [7, 11) is 0. The number of aliphatic hydroxyl groups excluding tert-OH is 1. The molecule has 0 spiro atoms. The lowest BCUT2D eigenvalue weighted by Crippen LogP contribution is -2.28. The van der Waals surface area contributed by atoms with Crippen molar-refractivity contribution in [2.24, 2.45) is 5.92 Å². The highest BCUT2D eigenvalue weighted by Crippen LogP contribution is 2.30. The SMILES string of the molecule is Nc1ccc2sc(C(=O)N3CCC(CCO)C3)cc2c1. The molecule has 1 saturated heterocycles. The van der Waals surface area contributed by atoms with Gasteiger partial charge < -0.3 is 15.7 Å². The van der Waals surface area contributed by atoms with Crippen LogP contribution in [0.25, 0.3) is 10.1 Å². The van der Waals surface area contributed by atoms with E-state index in [4.69, 9.17) is 10.8 Å². The highest BCUT2D eigenvalue weighted by atomic mass is 32.1. The van der Waals surface area contributed by atoms with E-state index < -0.39 is 0 Å². The van der Waals surface area contributed by atoms with Crippen LogP contribution in [0.2, 0.25) is 0 Å². The number of nitrogen functional groups attached to an aromatic ring is 1. The van der Waals surface area contributed by atoms with E-state index in [0.29, 0.717) is 5.92 Å². The van der Waals surface area contributed by atoms with E-state index in [-0.39, 0.29) is 12.5 Å². The van der Waals surface area contributed by atoms with Gasteiger partial charge >= 0.3 is 0 Å². The molecule has 1 unspecified atom stereocenters. The van der Waals surface area contributed by atoms with Gasteiger partial charge in [0.15, 0.2) is 0 Å². The highest BCUT2D eigenvalue weighted by Gasteiger charge is 2.27. The van der Waals surface area contributed by atoms with E-state index in [1.165, 1.54) is 11.3 Å². The van der Waals surface area contributed by atoms with Crippen molar-refractivity contribution >= 4 is 33.0 Å². The summed E-state index contributed by atoms with van der Waals surface area (Å²) in [4.78, 5) is 15.2. The Morgan fingerprint density at radius 1 is 1.45 bits per heavy atom. The topological polar surface area (TPSA) is 66.6 Å². The maximum Gasteiger partial charge on any atom is 0.263 e. The fourth-order valence-electron chi connectivity index (χ4n) is 2.76. The first-order chi connectivity index (χ1) is 9.67. The van der Waals surface area contributed by atoms with Crippen molar-refractivity contribution < 1.29 is 9.90 Å². The van der Waals surface area contributed by atoms with Crippen molar-refractivity contribution in [3.05, 3.63) is 29.1 Å². The van der Waals surface area contributed by atoms with Crippen LogP contribution in [0.3, 0.4) is 0 Å². The molecule has 3 rings (SSSR count). The van der Waals surface area contributed by atoms with Crippen LogP contribution in [0.5, 0.6) is 0 Å². The number of aliphatic hydroxyl groups is 1. The molecular weight excluding hydrogens is 272 g/mol. The van der Waals surface area contributed by atoms with Crippen LogP contribution in [0, 0.1) is 5.92 Å². The first-order valence-electron chi connectivity index (χ1n) is 6.86. The number of likely N-dealkylation sites (tertiary alicyclic amines) is 1. The predicted molar refractivity (Wildman–Crippen MR) is 82.0 cm³/mol. The lowest BCUT2D eigenvalue weighted by molar-refractivity contribution is 0.0789. The fraction of sp³-hybridized carbons (Fsp3) is 0.400. The van der Waals surface area contributed by atoms with Gasteiger partial charge in [-0.2, -0.15) is 0 Å². The molecule has 0 saturated carbocycles. The molecule has 2 heterocycles. The average molecular weight is 290 g/mol. The van der Waals surface area contributed by atoms with Crippen molar-refractivity contribution in [1.82, 2.24) is 4.90 Å². The number of amides is 1. The number of thiophene rings is 1. The molecule has 4 nitrogen and oxygen atoms in total. The second-order valence-corrected chi connectivity index (χ2v) is 6.41. The Morgan fingerprint density at radius 2 is 2.30 bits per heavy atom. The number of nitrogens with two attached hydrogens (primary N) is 1. The van der Waals surface area contributed by atoms with Crippen LogP contribution in [0.4, 0.5) is 5.69 Å². The van der Waals surface area contributed by atoms with Crippen LogP contribution < -0.4 is 5.73 Å². The van der Waals surface area contributed by atoms with Crippen LogP contribution >= 0.6 is 11.3 Å². The van der Waals surface area contributed by atoms with Gasteiger partial charge in [0.05, 0.1) is 4.88 Å². The van der Waals surface area contributed by atoms with E-state index in [1.807, 2.05) is 29.2 Å². The third kappa shape index (κ3) is 2.51. The van der Waals surface area contributed by atoms with Crippen molar-refractivity contribution in [1.29, 1.82) is 0 Å². The third-order valence-corrected chi connectivity index (χ3v) is 4.97. The Balaban J connectivity index is 1.79. The van der Waals surface area contributed by atoms with Gasteiger partial charge in [0, 0.05) is 30.1 Å². The standard InChI is InChI=1S/C15H18N2O2S/c16-12-1-2-13-11(7-12)8-14(20-13)15(19)17-5-3-10(9-17)4-6-18/h1-2,7-8,10,18H,3-6,9,16H2. The van der Waals surface area contributed by atoms with Crippen molar-refractivity contribution in [3.8, 4) is 0 Å². The molecule has 0 radical (unpaired) electrons.